The van der Waals surface area contributed by atoms with Crippen molar-refractivity contribution in [1.82, 2.24) is 10.3 Å². The lowest BCUT2D eigenvalue weighted by atomic mass is 9.78. The van der Waals surface area contributed by atoms with Gasteiger partial charge in [-0.3, -0.25) is 14.6 Å². The Labute approximate surface area is 215 Å². The van der Waals surface area contributed by atoms with Crippen molar-refractivity contribution >= 4 is 39.2 Å². The van der Waals surface area contributed by atoms with Gasteiger partial charge in [-0.25, -0.2) is 0 Å². The van der Waals surface area contributed by atoms with E-state index in [1.165, 1.54) is 0 Å². The Morgan fingerprint density at radius 2 is 1.65 bits per heavy atom. The minimum Gasteiger partial charge on any atom is -0.351 e. The lowest BCUT2D eigenvalue weighted by Gasteiger charge is -2.38. The van der Waals surface area contributed by atoms with Crippen molar-refractivity contribution in [2.45, 2.75) is 19.3 Å². The zero-order valence-electron chi connectivity index (χ0n) is 21.1. The monoisotopic (exact) mass is 485 g/mol. The zero-order chi connectivity index (χ0) is 25.7. The first kappa shape index (κ1) is 22.9. The number of hydrogen-bond donors (Lipinski definition) is 1. The summed E-state index contributed by atoms with van der Waals surface area (Å²) in [5, 5.41) is 6.05. The Bertz CT molecular complexity index is 1690. The lowest BCUT2D eigenvalue weighted by molar-refractivity contribution is -0.123. The molecule has 5 nitrogen and oxygen atoms in total. The van der Waals surface area contributed by atoms with Crippen LogP contribution >= 0.6 is 0 Å². The second kappa shape index (κ2) is 8.56. The van der Waals surface area contributed by atoms with E-state index in [2.05, 4.69) is 41.7 Å². The zero-order valence-corrected chi connectivity index (χ0v) is 21.1. The number of likely N-dealkylation sites (N-methyl/N-ethyl adjacent to an activating group) is 1. The molecule has 1 aromatic heterocycles. The summed E-state index contributed by atoms with van der Waals surface area (Å²) in [6.07, 6.45) is 0. The summed E-state index contributed by atoms with van der Waals surface area (Å²) in [5.74, 6) is -0.304. The quantitative estimate of drug-likeness (QED) is 0.316. The normalized spacial score (nSPS) is 16.8. The average Bonchev–Trinajstić information content (AvgIpc) is 2.94. The minimum atomic E-state index is -1.03. The highest BCUT2D eigenvalue weighted by molar-refractivity contribution is 6.19. The number of fused-ring (bicyclic) bond motifs is 2. The topological polar surface area (TPSA) is 62.3 Å². The largest absolute Gasteiger partial charge is 0.351 e. The molecule has 1 N–H and O–H groups in total. The molecule has 182 valence electrons. The number of benzene rings is 4. The molecule has 0 saturated carbocycles. The van der Waals surface area contributed by atoms with Crippen LogP contribution in [0.15, 0.2) is 91.0 Å². The van der Waals surface area contributed by atoms with Crippen molar-refractivity contribution in [1.29, 1.82) is 0 Å². The third-order valence-electron chi connectivity index (χ3n) is 7.48. The number of hydrogen-bond acceptors (Lipinski definition) is 3. The second-order valence-corrected chi connectivity index (χ2v) is 10.0. The molecule has 1 unspecified atom stereocenters. The number of amides is 2. The number of nitrogens with zero attached hydrogens (tertiary/aromatic N) is 2. The average molecular weight is 486 g/mol. The molecule has 2 amide bonds. The molecule has 0 bridgehead atoms. The summed E-state index contributed by atoms with van der Waals surface area (Å²) < 4.78 is 0. The van der Waals surface area contributed by atoms with Gasteiger partial charge in [-0.2, -0.15) is 0 Å². The van der Waals surface area contributed by atoms with E-state index in [9.17, 15) is 9.59 Å². The number of aryl methyl sites for hydroxylation is 1. The van der Waals surface area contributed by atoms with Crippen LogP contribution in [0.4, 0.5) is 5.69 Å². The van der Waals surface area contributed by atoms with Gasteiger partial charge in [0.1, 0.15) is 5.41 Å². The lowest BCUT2D eigenvalue weighted by Crippen LogP contribution is -2.53. The highest BCUT2D eigenvalue weighted by Gasteiger charge is 2.45. The van der Waals surface area contributed by atoms with Gasteiger partial charge < -0.3 is 10.2 Å². The minimum absolute atomic E-state index is 0.0947. The molecule has 1 aliphatic heterocycles. The van der Waals surface area contributed by atoms with Gasteiger partial charge in [-0.05, 0) is 54.6 Å². The van der Waals surface area contributed by atoms with Crippen LogP contribution in [0.2, 0.25) is 0 Å². The molecule has 0 spiro atoms. The first-order valence-corrected chi connectivity index (χ1v) is 12.4. The van der Waals surface area contributed by atoms with E-state index in [4.69, 9.17) is 4.98 Å². The molecule has 4 aromatic carbocycles. The van der Waals surface area contributed by atoms with Crippen molar-refractivity contribution in [2.75, 3.05) is 18.5 Å². The number of aromatic nitrogens is 1. The molecular weight excluding hydrogens is 458 g/mol. The van der Waals surface area contributed by atoms with Crippen LogP contribution < -0.4 is 10.2 Å². The van der Waals surface area contributed by atoms with Gasteiger partial charge in [-0.15, -0.1) is 0 Å². The number of carbonyl (C=O) groups is 2. The molecule has 37 heavy (non-hydrogen) atoms. The summed E-state index contributed by atoms with van der Waals surface area (Å²) in [7, 11) is 1.79. The van der Waals surface area contributed by atoms with Gasteiger partial charge in [-0.1, -0.05) is 72.3 Å². The summed E-state index contributed by atoms with van der Waals surface area (Å²) in [5.41, 5.74) is 5.16. The summed E-state index contributed by atoms with van der Waals surface area (Å²) in [6.45, 7) is 4.01. The van der Waals surface area contributed by atoms with Crippen molar-refractivity contribution in [2.24, 2.45) is 0 Å². The van der Waals surface area contributed by atoms with Crippen LogP contribution in [0.1, 0.15) is 28.5 Å². The molecule has 2 heterocycles. The maximum atomic E-state index is 13.8. The Morgan fingerprint density at radius 1 is 0.892 bits per heavy atom. The molecule has 0 saturated heterocycles. The molecule has 1 atom stereocenters. The van der Waals surface area contributed by atoms with Gasteiger partial charge in [0.25, 0.3) is 5.91 Å². The fourth-order valence-electron chi connectivity index (χ4n) is 5.33. The molecule has 0 aliphatic carbocycles. The molecule has 1 aliphatic rings. The smallest absolute Gasteiger partial charge is 0.251 e. The predicted octanol–water partition coefficient (Wildman–Crippen LogP) is 6.03. The Balaban J connectivity index is 1.50. The summed E-state index contributed by atoms with van der Waals surface area (Å²) >= 11 is 0. The van der Waals surface area contributed by atoms with E-state index in [0.717, 1.165) is 44.1 Å². The van der Waals surface area contributed by atoms with Gasteiger partial charge >= 0.3 is 0 Å². The van der Waals surface area contributed by atoms with Crippen LogP contribution in [-0.2, 0) is 10.2 Å². The summed E-state index contributed by atoms with van der Waals surface area (Å²) in [4.78, 5) is 33.6. The molecule has 6 rings (SSSR count). The van der Waals surface area contributed by atoms with Crippen molar-refractivity contribution < 1.29 is 9.59 Å². The molecule has 0 radical (unpaired) electrons. The first-order chi connectivity index (χ1) is 17.9. The van der Waals surface area contributed by atoms with Crippen LogP contribution in [0.25, 0.3) is 32.8 Å². The number of carbonyl (C=O) groups excluding carboxylic acids is 2. The number of rotatable bonds is 4. The van der Waals surface area contributed by atoms with E-state index in [0.29, 0.717) is 11.3 Å². The predicted molar refractivity (Wildman–Crippen MR) is 149 cm³/mol. The second-order valence-electron chi connectivity index (χ2n) is 10.0. The number of nitrogens with one attached hydrogen (secondary N) is 1. The van der Waals surface area contributed by atoms with Crippen LogP contribution in [-0.4, -0.2) is 30.4 Å². The molecule has 5 aromatic rings. The fourth-order valence-corrected chi connectivity index (χ4v) is 5.33. The molecular formula is C32H27N3O2. The van der Waals surface area contributed by atoms with E-state index >= 15 is 0 Å². The summed E-state index contributed by atoms with van der Waals surface area (Å²) in [6, 6.07) is 30.0. The highest BCUT2D eigenvalue weighted by Crippen LogP contribution is 2.44. The van der Waals surface area contributed by atoms with E-state index in [1.807, 2.05) is 56.3 Å². The maximum Gasteiger partial charge on any atom is 0.251 e. The van der Waals surface area contributed by atoms with Gasteiger partial charge in [0.2, 0.25) is 5.91 Å². The maximum absolute atomic E-state index is 13.8. The van der Waals surface area contributed by atoms with E-state index in [-0.39, 0.29) is 18.4 Å². The van der Waals surface area contributed by atoms with Gasteiger partial charge in [0.05, 0.1) is 16.9 Å². The van der Waals surface area contributed by atoms with E-state index in [1.54, 1.807) is 24.1 Å². The number of pyridine rings is 1. The number of anilines is 1. The Morgan fingerprint density at radius 3 is 2.41 bits per heavy atom. The van der Waals surface area contributed by atoms with Crippen molar-refractivity contribution in [3.05, 3.63) is 108 Å². The fraction of sp³-hybridized carbons (Fsp3) is 0.156. The first-order valence-electron chi connectivity index (χ1n) is 12.4. The van der Waals surface area contributed by atoms with Crippen LogP contribution in [0.5, 0.6) is 0 Å². The molecule has 5 heteroatoms. The van der Waals surface area contributed by atoms with Crippen LogP contribution in [0.3, 0.4) is 0 Å². The third-order valence-corrected chi connectivity index (χ3v) is 7.48. The highest BCUT2D eigenvalue weighted by atomic mass is 16.2. The van der Waals surface area contributed by atoms with Crippen molar-refractivity contribution in [3.63, 3.8) is 0 Å². The van der Waals surface area contributed by atoms with Crippen molar-refractivity contribution in [3.8, 4) is 11.1 Å². The van der Waals surface area contributed by atoms with E-state index < -0.39 is 5.41 Å². The molecule has 0 fully saturated rings. The van der Waals surface area contributed by atoms with Crippen LogP contribution in [0, 0.1) is 6.92 Å². The Kier molecular flexibility index (Phi) is 5.30. The third kappa shape index (κ3) is 3.66. The Hall–Kier alpha value is -4.51. The van der Waals surface area contributed by atoms with Gasteiger partial charge in [0.15, 0.2) is 0 Å². The SMILES string of the molecule is Cc1ccc(C(=O)NCC2(C)C(=O)N(C)c3cccc4c3c2nc2cc(-c3ccccc3)ccc24)cc1. The standard InChI is InChI=1S/C32H27N3O2/c1-20-12-14-22(15-13-20)30(36)33-19-32(2)29-28-25(10-7-11-27(28)35(3)31(32)37)24-17-16-23(18-26(24)34-29)21-8-5-4-6-9-21/h4-18H,19H2,1-3H3,(H,33,36). The van der Waals surface area contributed by atoms with Gasteiger partial charge in [0, 0.05) is 29.9 Å².